The van der Waals surface area contributed by atoms with Crippen molar-refractivity contribution in [3.63, 3.8) is 0 Å². The summed E-state index contributed by atoms with van der Waals surface area (Å²) in [5.41, 5.74) is 1.70. The maximum absolute atomic E-state index is 13.2. The first kappa shape index (κ1) is 21.8. The lowest BCUT2D eigenvalue weighted by Gasteiger charge is -2.14. The van der Waals surface area contributed by atoms with Crippen LogP contribution in [0.15, 0.2) is 36.4 Å². The van der Waals surface area contributed by atoms with E-state index in [0.29, 0.717) is 41.2 Å². The van der Waals surface area contributed by atoms with Gasteiger partial charge in [0.1, 0.15) is 12.4 Å². The monoisotopic (exact) mass is 433 g/mol. The molecule has 0 amide bonds. The van der Waals surface area contributed by atoms with Crippen LogP contribution in [-0.4, -0.2) is 26.8 Å². The normalized spacial score (nSPS) is 10.8. The Bertz CT molecular complexity index is 966. The first-order valence-corrected chi connectivity index (χ1v) is 10.3. The van der Waals surface area contributed by atoms with Crippen LogP contribution in [0.4, 0.5) is 10.3 Å². The number of unbranched alkanes of at least 4 members (excludes halogenated alkanes) is 1. The van der Waals surface area contributed by atoms with Gasteiger partial charge in [0.05, 0.1) is 11.6 Å². The molecule has 3 aromatic rings. The Labute approximate surface area is 180 Å². The molecule has 0 spiro atoms. The zero-order valence-corrected chi connectivity index (χ0v) is 17.8. The van der Waals surface area contributed by atoms with Crippen molar-refractivity contribution in [2.24, 2.45) is 0 Å². The third-order valence-corrected chi connectivity index (χ3v) is 4.76. The van der Waals surface area contributed by atoms with Crippen molar-refractivity contribution in [3.05, 3.63) is 58.4 Å². The summed E-state index contributed by atoms with van der Waals surface area (Å²) in [5.74, 6) is 1.47. The maximum atomic E-state index is 13.2. The molecule has 1 aromatic heterocycles. The standard InChI is InChI=1S/C21H25ClFN5O2/c1-3-5-10-28-21(25-26-27-28)24-13-15-6-9-19(20(11-15)29-4-2)30-14-16-7-8-17(23)12-18(16)22/h6-9,11-12H,3-5,10,13-14H2,1-2H3,(H,24,25,27). The molecule has 7 nitrogen and oxygen atoms in total. The van der Waals surface area contributed by atoms with E-state index in [0.717, 1.165) is 24.9 Å². The molecule has 0 radical (unpaired) electrons. The molecule has 0 aliphatic carbocycles. The summed E-state index contributed by atoms with van der Waals surface area (Å²) in [6.07, 6.45) is 2.08. The topological polar surface area (TPSA) is 74.1 Å². The van der Waals surface area contributed by atoms with Crippen LogP contribution in [0.5, 0.6) is 11.5 Å². The second-order valence-corrected chi connectivity index (χ2v) is 7.08. The van der Waals surface area contributed by atoms with Crippen molar-refractivity contribution in [3.8, 4) is 11.5 Å². The molecular weight excluding hydrogens is 409 g/mol. The summed E-state index contributed by atoms with van der Waals surface area (Å²) in [6, 6.07) is 9.94. The van der Waals surface area contributed by atoms with Gasteiger partial charge in [-0.3, -0.25) is 0 Å². The predicted octanol–water partition coefficient (Wildman–Crippen LogP) is 4.86. The lowest BCUT2D eigenvalue weighted by Crippen LogP contribution is -2.09. The summed E-state index contributed by atoms with van der Waals surface area (Å²) in [4.78, 5) is 0. The van der Waals surface area contributed by atoms with Gasteiger partial charge in [-0.05, 0) is 53.6 Å². The number of hydrogen-bond donors (Lipinski definition) is 1. The highest BCUT2D eigenvalue weighted by Crippen LogP contribution is 2.30. The van der Waals surface area contributed by atoms with E-state index in [1.54, 1.807) is 10.7 Å². The number of ether oxygens (including phenoxy) is 2. The predicted molar refractivity (Wildman–Crippen MR) is 113 cm³/mol. The summed E-state index contributed by atoms with van der Waals surface area (Å²) in [7, 11) is 0. The van der Waals surface area contributed by atoms with Crippen LogP contribution in [0.2, 0.25) is 5.02 Å². The Hall–Kier alpha value is -2.87. The van der Waals surface area contributed by atoms with Crippen molar-refractivity contribution >= 4 is 17.5 Å². The summed E-state index contributed by atoms with van der Waals surface area (Å²) in [5, 5.41) is 15.4. The molecule has 0 unspecified atom stereocenters. The van der Waals surface area contributed by atoms with Gasteiger partial charge in [0.25, 0.3) is 0 Å². The third kappa shape index (κ3) is 5.82. The largest absolute Gasteiger partial charge is 0.490 e. The smallest absolute Gasteiger partial charge is 0.243 e. The van der Waals surface area contributed by atoms with E-state index in [2.05, 4.69) is 27.8 Å². The minimum Gasteiger partial charge on any atom is -0.490 e. The molecule has 1 N–H and O–H groups in total. The molecular formula is C21H25ClFN5O2. The number of tetrazole rings is 1. The molecule has 0 fully saturated rings. The lowest BCUT2D eigenvalue weighted by atomic mass is 10.2. The molecule has 0 saturated carbocycles. The zero-order valence-electron chi connectivity index (χ0n) is 17.1. The molecule has 1 heterocycles. The Morgan fingerprint density at radius 3 is 2.73 bits per heavy atom. The van der Waals surface area contributed by atoms with Crippen LogP contribution >= 0.6 is 11.6 Å². The van der Waals surface area contributed by atoms with Gasteiger partial charge in [-0.25, -0.2) is 9.07 Å². The average Bonchev–Trinajstić information content (AvgIpc) is 3.18. The van der Waals surface area contributed by atoms with Crippen LogP contribution in [0, 0.1) is 5.82 Å². The summed E-state index contributed by atoms with van der Waals surface area (Å²) < 4.78 is 26.6. The Morgan fingerprint density at radius 1 is 1.10 bits per heavy atom. The van der Waals surface area contributed by atoms with Gasteiger partial charge in [-0.2, -0.15) is 0 Å². The van der Waals surface area contributed by atoms with Crippen LogP contribution in [-0.2, 0) is 19.7 Å². The number of nitrogens with one attached hydrogen (secondary N) is 1. The molecule has 3 rings (SSSR count). The first-order chi connectivity index (χ1) is 14.6. The second kappa shape index (κ2) is 10.8. The van der Waals surface area contributed by atoms with Gasteiger partial charge in [0.2, 0.25) is 5.95 Å². The zero-order chi connectivity index (χ0) is 21.3. The van der Waals surface area contributed by atoms with Gasteiger partial charge in [-0.15, -0.1) is 0 Å². The highest BCUT2D eigenvalue weighted by atomic mass is 35.5. The van der Waals surface area contributed by atoms with Crippen LogP contribution in [0.25, 0.3) is 0 Å². The number of rotatable bonds is 11. The maximum Gasteiger partial charge on any atom is 0.243 e. The van der Waals surface area contributed by atoms with E-state index in [4.69, 9.17) is 21.1 Å². The Morgan fingerprint density at radius 2 is 1.97 bits per heavy atom. The van der Waals surface area contributed by atoms with Gasteiger partial charge in [0.15, 0.2) is 11.5 Å². The van der Waals surface area contributed by atoms with Crippen LogP contribution in [0.3, 0.4) is 0 Å². The van der Waals surface area contributed by atoms with Gasteiger partial charge in [-0.1, -0.05) is 42.2 Å². The molecule has 0 aliphatic heterocycles. The van der Waals surface area contributed by atoms with E-state index in [1.807, 2.05) is 25.1 Å². The fraction of sp³-hybridized carbons (Fsp3) is 0.381. The SMILES string of the molecule is CCCCn1nnnc1NCc1ccc(OCc2ccc(F)cc2Cl)c(OCC)c1. The molecule has 2 aromatic carbocycles. The van der Waals surface area contributed by atoms with Gasteiger partial charge in [0, 0.05) is 18.7 Å². The molecule has 30 heavy (non-hydrogen) atoms. The van der Waals surface area contributed by atoms with Gasteiger partial charge < -0.3 is 14.8 Å². The van der Waals surface area contributed by atoms with E-state index < -0.39 is 0 Å². The number of benzene rings is 2. The highest BCUT2D eigenvalue weighted by molar-refractivity contribution is 6.31. The number of aromatic nitrogens is 4. The minimum atomic E-state index is -0.378. The number of halogens is 2. The van der Waals surface area contributed by atoms with Crippen LogP contribution < -0.4 is 14.8 Å². The van der Waals surface area contributed by atoms with E-state index in [9.17, 15) is 4.39 Å². The quantitative estimate of drug-likeness (QED) is 0.465. The molecule has 9 heteroatoms. The van der Waals surface area contributed by atoms with Crippen molar-refractivity contribution in [1.82, 2.24) is 20.2 Å². The Balaban J connectivity index is 1.66. The van der Waals surface area contributed by atoms with E-state index in [-0.39, 0.29) is 12.4 Å². The fourth-order valence-electron chi connectivity index (χ4n) is 2.82. The number of aryl methyl sites for hydroxylation is 1. The Kier molecular flexibility index (Phi) is 7.84. The van der Waals surface area contributed by atoms with Crippen molar-refractivity contribution in [1.29, 1.82) is 0 Å². The first-order valence-electron chi connectivity index (χ1n) is 9.93. The number of hydrogen-bond acceptors (Lipinski definition) is 6. The van der Waals surface area contributed by atoms with Crippen molar-refractivity contribution < 1.29 is 13.9 Å². The summed E-state index contributed by atoms with van der Waals surface area (Å²) >= 11 is 6.08. The van der Waals surface area contributed by atoms with E-state index in [1.165, 1.54) is 12.1 Å². The molecule has 160 valence electrons. The third-order valence-electron chi connectivity index (χ3n) is 4.41. The average molecular weight is 434 g/mol. The molecule has 0 aliphatic rings. The van der Waals surface area contributed by atoms with Gasteiger partial charge >= 0.3 is 0 Å². The van der Waals surface area contributed by atoms with E-state index >= 15 is 0 Å². The second-order valence-electron chi connectivity index (χ2n) is 6.67. The number of anilines is 1. The highest BCUT2D eigenvalue weighted by Gasteiger charge is 2.10. The fourth-order valence-corrected chi connectivity index (χ4v) is 3.04. The van der Waals surface area contributed by atoms with Crippen molar-refractivity contribution in [2.75, 3.05) is 11.9 Å². The summed E-state index contributed by atoms with van der Waals surface area (Å²) in [6.45, 7) is 6.06. The lowest BCUT2D eigenvalue weighted by molar-refractivity contribution is 0.269. The molecule has 0 saturated heterocycles. The molecule has 0 bridgehead atoms. The van der Waals surface area contributed by atoms with Crippen LogP contribution in [0.1, 0.15) is 37.8 Å². The number of nitrogens with zero attached hydrogens (tertiary/aromatic N) is 4. The minimum absolute atomic E-state index is 0.211. The van der Waals surface area contributed by atoms with Crippen molar-refractivity contribution in [2.45, 2.75) is 46.4 Å². The molecule has 0 atom stereocenters.